The van der Waals surface area contributed by atoms with E-state index >= 15 is 0 Å². The summed E-state index contributed by atoms with van der Waals surface area (Å²) in [4.78, 5) is 38.1. The molecule has 404 valence electrons. The first-order valence-electron chi connectivity index (χ1n) is 28.8. The monoisotopic (exact) mass is 993 g/mol. The molecule has 0 aromatic carbocycles. The molecule has 6 nitrogen and oxygen atoms in total. The van der Waals surface area contributed by atoms with E-state index in [1.165, 1.54) is 32.1 Å². The highest BCUT2D eigenvalue weighted by Gasteiger charge is 2.19. The van der Waals surface area contributed by atoms with Crippen molar-refractivity contribution in [2.45, 2.75) is 239 Å². The van der Waals surface area contributed by atoms with Crippen LogP contribution < -0.4 is 0 Å². The molecule has 1 unspecified atom stereocenters. The van der Waals surface area contributed by atoms with Gasteiger partial charge in [-0.05, 0) is 135 Å². The number of ether oxygens (including phenoxy) is 3. The van der Waals surface area contributed by atoms with Crippen molar-refractivity contribution in [1.29, 1.82) is 0 Å². The third-order valence-corrected chi connectivity index (χ3v) is 11.6. The van der Waals surface area contributed by atoms with Crippen LogP contribution in [0.15, 0.2) is 146 Å². The fourth-order valence-corrected chi connectivity index (χ4v) is 7.27. The zero-order valence-electron chi connectivity index (χ0n) is 46.1. The third kappa shape index (κ3) is 56.2. The lowest BCUT2D eigenvalue weighted by Gasteiger charge is -2.18. The van der Waals surface area contributed by atoms with E-state index in [1.54, 1.807) is 0 Å². The van der Waals surface area contributed by atoms with E-state index in [0.29, 0.717) is 19.3 Å². The molecular weight excluding hydrogens is 889 g/mol. The largest absolute Gasteiger partial charge is 0.462 e. The molecule has 0 aliphatic carbocycles. The lowest BCUT2D eigenvalue weighted by Crippen LogP contribution is -2.30. The van der Waals surface area contributed by atoms with Crippen LogP contribution in [0.4, 0.5) is 0 Å². The van der Waals surface area contributed by atoms with E-state index in [1.807, 2.05) is 0 Å². The molecule has 0 saturated heterocycles. The molecule has 0 radical (unpaired) electrons. The van der Waals surface area contributed by atoms with Crippen LogP contribution in [0.25, 0.3) is 0 Å². The first-order valence-corrected chi connectivity index (χ1v) is 28.8. The number of esters is 3. The Morgan fingerprint density at radius 1 is 0.292 bits per heavy atom. The van der Waals surface area contributed by atoms with Gasteiger partial charge in [-0.15, -0.1) is 0 Å². The molecule has 0 rings (SSSR count). The topological polar surface area (TPSA) is 78.9 Å². The first-order chi connectivity index (χ1) is 35.5. The zero-order valence-corrected chi connectivity index (χ0v) is 46.1. The van der Waals surface area contributed by atoms with Gasteiger partial charge in [0.05, 0.1) is 0 Å². The lowest BCUT2D eigenvalue weighted by atomic mass is 10.1. The Labute approximate surface area is 442 Å². The Balaban J connectivity index is 4.46. The number of rotatable bonds is 50. The Hall–Kier alpha value is -4.71. The smallest absolute Gasteiger partial charge is 0.306 e. The molecular formula is C66H104O6. The van der Waals surface area contributed by atoms with E-state index in [4.69, 9.17) is 14.2 Å². The minimum absolute atomic E-state index is 0.113. The molecule has 0 aliphatic rings. The number of hydrogen-bond donors (Lipinski definition) is 0. The normalized spacial score (nSPS) is 13.2. The van der Waals surface area contributed by atoms with E-state index in [-0.39, 0.29) is 37.5 Å². The molecule has 0 saturated carbocycles. The van der Waals surface area contributed by atoms with Crippen LogP contribution in [0.1, 0.15) is 233 Å². The molecule has 0 bridgehead atoms. The quantitative estimate of drug-likeness (QED) is 0.0261. The van der Waals surface area contributed by atoms with Crippen molar-refractivity contribution in [3.63, 3.8) is 0 Å². The minimum Gasteiger partial charge on any atom is -0.462 e. The summed E-state index contributed by atoms with van der Waals surface area (Å²) in [5.74, 6) is -0.989. The van der Waals surface area contributed by atoms with Crippen LogP contribution in [-0.4, -0.2) is 37.2 Å². The standard InChI is InChI=1S/C66H104O6/c1-4-7-10-13-16-19-22-25-28-29-30-31-32-33-34-35-36-37-39-41-44-47-50-53-56-59-65(68)71-62-63(61-70-64(67)58-55-52-49-46-43-40-27-24-21-18-15-12-9-6-3)72-66(69)60-57-54-51-48-45-42-38-26-23-20-17-14-11-8-5-2/h7-8,10-11,15-20,24-28,30-31,33-34,36-38,45,48,63H,4-6,9,12-14,21-23,29,32,35,39-44,46-47,49-62H2,1-3H3/b10-7-,11-8-,18-15-,19-16-,20-17-,27-24-,28-25-,31-30-,34-33-,37-36-,38-26-,48-45-. The van der Waals surface area contributed by atoms with Crippen LogP contribution in [0.3, 0.4) is 0 Å². The van der Waals surface area contributed by atoms with E-state index in [9.17, 15) is 14.4 Å². The summed E-state index contributed by atoms with van der Waals surface area (Å²) in [6.45, 7) is 6.30. The van der Waals surface area contributed by atoms with Crippen molar-refractivity contribution in [3.8, 4) is 0 Å². The van der Waals surface area contributed by atoms with Gasteiger partial charge in [-0.25, -0.2) is 0 Å². The van der Waals surface area contributed by atoms with Gasteiger partial charge in [0.1, 0.15) is 13.2 Å². The molecule has 1 atom stereocenters. The number of unbranched alkanes of at least 4 members (excludes halogenated alkanes) is 15. The van der Waals surface area contributed by atoms with Crippen LogP contribution in [0.5, 0.6) is 0 Å². The van der Waals surface area contributed by atoms with Gasteiger partial charge in [0, 0.05) is 19.3 Å². The fraction of sp³-hybridized carbons (Fsp3) is 0.591. The van der Waals surface area contributed by atoms with Crippen molar-refractivity contribution in [1.82, 2.24) is 0 Å². The summed E-state index contributed by atoms with van der Waals surface area (Å²) in [6.07, 6.45) is 84.1. The molecule has 0 aliphatic heterocycles. The third-order valence-electron chi connectivity index (χ3n) is 11.6. The molecule has 0 amide bonds. The van der Waals surface area contributed by atoms with Crippen molar-refractivity contribution < 1.29 is 28.6 Å². The molecule has 0 heterocycles. The molecule has 0 aromatic heterocycles. The van der Waals surface area contributed by atoms with Gasteiger partial charge in [-0.3, -0.25) is 14.4 Å². The minimum atomic E-state index is -0.819. The summed E-state index contributed by atoms with van der Waals surface area (Å²) in [5, 5.41) is 0. The summed E-state index contributed by atoms with van der Waals surface area (Å²) >= 11 is 0. The molecule has 0 N–H and O–H groups in total. The van der Waals surface area contributed by atoms with Gasteiger partial charge in [-0.2, -0.15) is 0 Å². The maximum atomic E-state index is 12.8. The summed E-state index contributed by atoms with van der Waals surface area (Å²) in [5.41, 5.74) is 0. The highest BCUT2D eigenvalue weighted by Crippen LogP contribution is 2.13. The Bertz CT molecular complexity index is 1610. The van der Waals surface area contributed by atoms with Gasteiger partial charge >= 0.3 is 17.9 Å². The van der Waals surface area contributed by atoms with Gasteiger partial charge < -0.3 is 14.2 Å². The Kier molecular flexibility index (Phi) is 55.0. The van der Waals surface area contributed by atoms with E-state index in [2.05, 4.69) is 167 Å². The fourth-order valence-electron chi connectivity index (χ4n) is 7.27. The van der Waals surface area contributed by atoms with Gasteiger partial charge in [0.2, 0.25) is 0 Å². The molecule has 0 spiro atoms. The summed E-state index contributed by atoms with van der Waals surface area (Å²) < 4.78 is 16.8. The lowest BCUT2D eigenvalue weighted by molar-refractivity contribution is -0.167. The van der Waals surface area contributed by atoms with Crippen LogP contribution in [0, 0.1) is 0 Å². The molecule has 0 aromatic rings. The first kappa shape index (κ1) is 67.3. The second kappa shape index (κ2) is 58.9. The zero-order chi connectivity index (χ0) is 52.2. The van der Waals surface area contributed by atoms with Crippen LogP contribution in [-0.2, 0) is 28.6 Å². The van der Waals surface area contributed by atoms with Crippen LogP contribution in [0.2, 0.25) is 0 Å². The highest BCUT2D eigenvalue weighted by molar-refractivity contribution is 5.71. The van der Waals surface area contributed by atoms with Gasteiger partial charge in [0.25, 0.3) is 0 Å². The summed E-state index contributed by atoms with van der Waals surface area (Å²) in [7, 11) is 0. The maximum Gasteiger partial charge on any atom is 0.306 e. The average molecular weight is 994 g/mol. The van der Waals surface area contributed by atoms with Crippen molar-refractivity contribution in [2.24, 2.45) is 0 Å². The number of carbonyl (C=O) groups excluding carboxylic acids is 3. The SMILES string of the molecule is CC/C=C\C/C=C\C/C=C\C/C=C\C/C=C\C/C=C\CCCCCCCCC(=O)OCC(COC(=O)CCCCCCC/C=C\C/C=C\CCCC)OC(=O)CCCC/C=C\C/C=C\C/C=C\C/C=C\CC. The van der Waals surface area contributed by atoms with E-state index in [0.717, 1.165) is 154 Å². The Morgan fingerprint density at radius 3 is 0.875 bits per heavy atom. The predicted molar refractivity (Wildman–Crippen MR) is 311 cm³/mol. The highest BCUT2D eigenvalue weighted by atomic mass is 16.6. The average Bonchev–Trinajstić information content (AvgIpc) is 3.38. The molecule has 6 heteroatoms. The number of hydrogen-bond acceptors (Lipinski definition) is 6. The van der Waals surface area contributed by atoms with Gasteiger partial charge in [0.15, 0.2) is 6.10 Å². The summed E-state index contributed by atoms with van der Waals surface area (Å²) in [6, 6.07) is 0. The Morgan fingerprint density at radius 2 is 0.542 bits per heavy atom. The number of allylic oxidation sites excluding steroid dienone is 24. The second-order valence-electron chi connectivity index (χ2n) is 18.4. The van der Waals surface area contributed by atoms with E-state index < -0.39 is 6.10 Å². The van der Waals surface area contributed by atoms with Crippen molar-refractivity contribution >= 4 is 17.9 Å². The van der Waals surface area contributed by atoms with Crippen molar-refractivity contribution in [2.75, 3.05) is 13.2 Å². The van der Waals surface area contributed by atoms with Crippen molar-refractivity contribution in [3.05, 3.63) is 146 Å². The molecule has 72 heavy (non-hydrogen) atoms. The number of carbonyl (C=O) groups is 3. The molecule has 0 fully saturated rings. The van der Waals surface area contributed by atoms with Gasteiger partial charge in [-0.1, -0.05) is 224 Å². The predicted octanol–water partition coefficient (Wildman–Crippen LogP) is 19.6. The maximum absolute atomic E-state index is 12.8. The second-order valence-corrected chi connectivity index (χ2v) is 18.4. The van der Waals surface area contributed by atoms with Crippen LogP contribution >= 0.6 is 0 Å².